The number of hydrogen-bond donors (Lipinski definition) is 1. The molecule has 4 aromatic rings. The summed E-state index contributed by atoms with van der Waals surface area (Å²) >= 11 is 7.50. The predicted octanol–water partition coefficient (Wildman–Crippen LogP) is 5.51. The van der Waals surface area contributed by atoms with Gasteiger partial charge < -0.3 is 14.8 Å². The van der Waals surface area contributed by atoms with E-state index >= 15 is 0 Å². The maximum atomic E-state index is 13.3. The molecule has 0 radical (unpaired) electrons. The Bertz CT molecular complexity index is 1310. The molecule has 164 valence electrons. The van der Waals surface area contributed by atoms with Crippen molar-refractivity contribution in [3.05, 3.63) is 76.2 Å². The number of fused-ring (bicyclic) bond motifs is 1. The van der Waals surface area contributed by atoms with Gasteiger partial charge in [0.1, 0.15) is 10.8 Å². The summed E-state index contributed by atoms with van der Waals surface area (Å²) in [7, 11) is 1.62. The van der Waals surface area contributed by atoms with E-state index < -0.39 is 0 Å². The van der Waals surface area contributed by atoms with Crippen molar-refractivity contribution in [2.45, 2.75) is 18.9 Å². The van der Waals surface area contributed by atoms with E-state index in [9.17, 15) is 4.79 Å². The minimum Gasteiger partial charge on any atom is -0.493 e. The van der Waals surface area contributed by atoms with Crippen molar-refractivity contribution in [1.29, 1.82) is 0 Å². The molecule has 0 bridgehead atoms. The molecular weight excluding hydrogens is 444 g/mol. The topological polar surface area (TPSA) is 52.5 Å². The quantitative estimate of drug-likeness (QED) is 0.421. The van der Waals surface area contributed by atoms with Gasteiger partial charge in [0, 0.05) is 34.1 Å². The minimum atomic E-state index is -0.0556. The number of nitrogens with zero attached hydrogens (tertiary/aromatic N) is 1. The van der Waals surface area contributed by atoms with Crippen LogP contribution < -0.4 is 20.3 Å². The third-order valence-electron chi connectivity index (χ3n) is 5.68. The zero-order valence-electron chi connectivity index (χ0n) is 17.6. The van der Waals surface area contributed by atoms with E-state index in [1.807, 2.05) is 60.8 Å². The fraction of sp³-hybridized carbons (Fsp3) is 0.240. The summed E-state index contributed by atoms with van der Waals surface area (Å²) < 4.78 is 14.1. The predicted molar refractivity (Wildman–Crippen MR) is 131 cm³/mol. The van der Waals surface area contributed by atoms with Crippen molar-refractivity contribution >= 4 is 33.0 Å². The van der Waals surface area contributed by atoms with E-state index in [1.54, 1.807) is 11.7 Å². The van der Waals surface area contributed by atoms with Crippen molar-refractivity contribution < 1.29 is 9.47 Å². The highest BCUT2D eigenvalue weighted by Gasteiger charge is 2.18. The lowest BCUT2D eigenvalue weighted by Gasteiger charge is -2.25. The number of nitrogens with one attached hydrogen (secondary N) is 1. The number of pyridine rings is 1. The van der Waals surface area contributed by atoms with Crippen molar-refractivity contribution in [2.75, 3.05) is 20.2 Å². The van der Waals surface area contributed by atoms with Crippen LogP contribution in [-0.2, 0) is 0 Å². The van der Waals surface area contributed by atoms with Gasteiger partial charge in [-0.05, 0) is 61.3 Å². The van der Waals surface area contributed by atoms with Crippen LogP contribution in [0.4, 0.5) is 0 Å². The highest BCUT2D eigenvalue weighted by Crippen LogP contribution is 2.34. The molecule has 5 nitrogen and oxygen atoms in total. The average molecular weight is 467 g/mol. The molecule has 1 unspecified atom stereocenters. The van der Waals surface area contributed by atoms with E-state index in [0.29, 0.717) is 21.2 Å². The second-order valence-electron chi connectivity index (χ2n) is 7.81. The van der Waals surface area contributed by atoms with Gasteiger partial charge in [0.25, 0.3) is 5.56 Å². The monoisotopic (exact) mass is 466 g/mol. The summed E-state index contributed by atoms with van der Waals surface area (Å²) in [5, 5.41) is 4.98. The Hall–Kier alpha value is -2.80. The highest BCUT2D eigenvalue weighted by atomic mass is 35.5. The van der Waals surface area contributed by atoms with E-state index in [2.05, 4.69) is 5.32 Å². The molecule has 7 heteroatoms. The van der Waals surface area contributed by atoms with E-state index in [1.165, 1.54) is 11.3 Å². The Morgan fingerprint density at radius 3 is 2.69 bits per heavy atom. The molecule has 1 saturated heterocycles. The number of rotatable bonds is 5. The molecule has 1 fully saturated rings. The summed E-state index contributed by atoms with van der Waals surface area (Å²) in [5.74, 6) is 1.31. The van der Waals surface area contributed by atoms with Crippen molar-refractivity contribution in [2.24, 2.45) is 0 Å². The Labute approximate surface area is 195 Å². The normalized spacial score (nSPS) is 16.2. The summed E-state index contributed by atoms with van der Waals surface area (Å²) in [5.41, 5.74) is 1.73. The van der Waals surface area contributed by atoms with Crippen LogP contribution in [0, 0.1) is 0 Å². The average Bonchev–Trinajstić information content (AvgIpc) is 3.26. The Kier molecular flexibility index (Phi) is 5.91. The molecule has 0 amide bonds. The van der Waals surface area contributed by atoms with Crippen molar-refractivity contribution in [3.8, 4) is 27.6 Å². The second kappa shape index (κ2) is 8.98. The van der Waals surface area contributed by atoms with Gasteiger partial charge in [-0.1, -0.05) is 23.7 Å². The van der Waals surface area contributed by atoms with Crippen LogP contribution >= 0.6 is 22.9 Å². The first kappa shape index (κ1) is 21.1. The first-order valence-corrected chi connectivity index (χ1v) is 11.8. The number of benzene rings is 2. The van der Waals surface area contributed by atoms with Gasteiger partial charge in [0.15, 0.2) is 11.5 Å². The van der Waals surface area contributed by atoms with Crippen LogP contribution in [0.25, 0.3) is 26.2 Å². The maximum Gasteiger partial charge on any atom is 0.273 e. The second-order valence-corrected chi connectivity index (χ2v) is 9.30. The van der Waals surface area contributed by atoms with Crippen LogP contribution in [0.2, 0.25) is 5.02 Å². The summed E-state index contributed by atoms with van der Waals surface area (Å²) in [4.78, 5) is 14.3. The number of piperidine rings is 1. The molecule has 0 saturated carbocycles. The number of thiophene rings is 1. The first-order chi connectivity index (χ1) is 15.6. The minimum absolute atomic E-state index is 0.0556. The molecule has 1 atom stereocenters. The van der Waals surface area contributed by atoms with Gasteiger partial charge in [0.05, 0.1) is 12.8 Å². The third-order valence-corrected chi connectivity index (χ3v) is 7.12. The number of halogens is 1. The van der Waals surface area contributed by atoms with E-state index in [0.717, 1.165) is 47.4 Å². The Morgan fingerprint density at radius 2 is 1.94 bits per heavy atom. The zero-order valence-corrected chi connectivity index (χ0v) is 19.2. The van der Waals surface area contributed by atoms with Gasteiger partial charge in [-0.3, -0.25) is 9.36 Å². The smallest absolute Gasteiger partial charge is 0.273 e. The molecule has 32 heavy (non-hydrogen) atoms. The summed E-state index contributed by atoms with van der Waals surface area (Å²) in [6, 6.07) is 17.3. The van der Waals surface area contributed by atoms with Crippen molar-refractivity contribution in [1.82, 2.24) is 9.88 Å². The lowest BCUT2D eigenvalue weighted by Crippen LogP contribution is -2.37. The number of aromatic nitrogens is 1. The largest absolute Gasteiger partial charge is 0.493 e. The molecular formula is C25H23ClN2O3S. The standard InChI is InChI=1S/C25H23ClN2O3S/c1-30-22-14-19(8-9-21(22)31-20-3-2-11-27-15-20)28-12-10-17-13-23(32-24(17)25(28)29)16-4-6-18(26)7-5-16/h4-10,12-14,20,27H,2-3,11,15H2,1H3. The van der Waals surface area contributed by atoms with Crippen LogP contribution in [0.5, 0.6) is 11.5 Å². The van der Waals surface area contributed by atoms with Crippen LogP contribution in [0.15, 0.2) is 65.6 Å². The van der Waals surface area contributed by atoms with Gasteiger partial charge in [-0.2, -0.15) is 0 Å². The number of methoxy groups -OCH3 is 1. The Morgan fingerprint density at radius 1 is 1.09 bits per heavy atom. The fourth-order valence-corrected chi connectivity index (χ4v) is 5.21. The van der Waals surface area contributed by atoms with Crippen LogP contribution in [-0.4, -0.2) is 30.9 Å². The lowest BCUT2D eigenvalue weighted by atomic mass is 10.1. The molecule has 1 N–H and O–H groups in total. The third kappa shape index (κ3) is 4.13. The number of hydrogen-bond acceptors (Lipinski definition) is 5. The molecule has 0 spiro atoms. The summed E-state index contributed by atoms with van der Waals surface area (Å²) in [6.07, 6.45) is 4.05. The van der Waals surface area contributed by atoms with Gasteiger partial charge in [-0.25, -0.2) is 0 Å². The molecule has 5 rings (SSSR count). The van der Waals surface area contributed by atoms with Crippen LogP contribution in [0.3, 0.4) is 0 Å². The van der Waals surface area contributed by atoms with Gasteiger partial charge >= 0.3 is 0 Å². The zero-order chi connectivity index (χ0) is 22.1. The molecule has 1 aliphatic heterocycles. The molecule has 1 aliphatic rings. The fourth-order valence-electron chi connectivity index (χ4n) is 3.99. The van der Waals surface area contributed by atoms with Crippen LogP contribution in [0.1, 0.15) is 12.8 Å². The van der Waals surface area contributed by atoms with Crippen molar-refractivity contribution in [3.63, 3.8) is 0 Å². The molecule has 0 aliphatic carbocycles. The Balaban J connectivity index is 1.49. The molecule has 3 heterocycles. The number of ether oxygens (including phenoxy) is 2. The highest BCUT2D eigenvalue weighted by molar-refractivity contribution is 7.22. The van der Waals surface area contributed by atoms with Gasteiger partial charge in [0.2, 0.25) is 0 Å². The van der Waals surface area contributed by atoms with E-state index in [4.69, 9.17) is 21.1 Å². The SMILES string of the molecule is COc1cc(-n2ccc3cc(-c4ccc(Cl)cc4)sc3c2=O)ccc1OC1CCCNC1. The molecule has 2 aromatic carbocycles. The maximum absolute atomic E-state index is 13.3. The van der Waals surface area contributed by atoms with E-state index in [-0.39, 0.29) is 11.7 Å². The van der Waals surface area contributed by atoms with Gasteiger partial charge in [-0.15, -0.1) is 11.3 Å². The summed E-state index contributed by atoms with van der Waals surface area (Å²) in [6.45, 7) is 1.86. The lowest BCUT2D eigenvalue weighted by molar-refractivity contribution is 0.161. The molecule has 2 aromatic heterocycles. The first-order valence-electron chi connectivity index (χ1n) is 10.6.